The number of hydrogen-bond donors (Lipinski definition) is 1. The molecule has 1 N–H and O–H groups in total. The van der Waals surface area contributed by atoms with Gasteiger partial charge in [0.25, 0.3) is 0 Å². The number of fused-ring (bicyclic) bond motifs is 2. The van der Waals surface area contributed by atoms with Gasteiger partial charge in [-0.15, -0.1) is 6.58 Å². The lowest BCUT2D eigenvalue weighted by Crippen LogP contribution is -2.52. The molecule has 1 heterocycles. The Morgan fingerprint density at radius 1 is 1.59 bits per heavy atom. The zero-order valence-electron chi connectivity index (χ0n) is 10.8. The molecular weight excluding hydrogens is 218 g/mol. The number of aliphatic hydroxyl groups is 1. The van der Waals surface area contributed by atoms with Gasteiger partial charge in [0.1, 0.15) is 11.2 Å². The number of amides is 1. The molecule has 1 amide bonds. The van der Waals surface area contributed by atoms with Crippen molar-refractivity contribution in [1.82, 2.24) is 4.90 Å². The van der Waals surface area contributed by atoms with Crippen LogP contribution in [0.1, 0.15) is 33.6 Å². The molecule has 3 unspecified atom stereocenters. The third-order valence-corrected chi connectivity index (χ3v) is 3.56. The minimum Gasteiger partial charge on any atom is -0.444 e. The lowest BCUT2D eigenvalue weighted by Gasteiger charge is -2.38. The van der Waals surface area contributed by atoms with Gasteiger partial charge in [0, 0.05) is 6.54 Å². The van der Waals surface area contributed by atoms with Crippen LogP contribution in [0.25, 0.3) is 0 Å². The average molecular weight is 239 g/mol. The zero-order valence-corrected chi connectivity index (χ0v) is 10.8. The first-order valence-corrected chi connectivity index (χ1v) is 6.11. The Bertz CT molecular complexity index is 347. The molecule has 2 fully saturated rings. The second kappa shape index (κ2) is 3.73. The highest BCUT2D eigenvalue weighted by molar-refractivity contribution is 5.69. The maximum absolute atomic E-state index is 12.0. The van der Waals surface area contributed by atoms with E-state index < -0.39 is 11.2 Å². The predicted molar refractivity (Wildman–Crippen MR) is 64.6 cm³/mol. The van der Waals surface area contributed by atoms with Crippen LogP contribution in [0.15, 0.2) is 12.7 Å². The lowest BCUT2D eigenvalue weighted by molar-refractivity contribution is -0.0278. The van der Waals surface area contributed by atoms with Crippen molar-refractivity contribution in [2.75, 3.05) is 6.54 Å². The molecule has 1 aliphatic heterocycles. The van der Waals surface area contributed by atoms with E-state index in [9.17, 15) is 9.90 Å². The normalized spacial score (nSPS) is 36.1. The van der Waals surface area contributed by atoms with E-state index >= 15 is 0 Å². The molecule has 96 valence electrons. The van der Waals surface area contributed by atoms with Gasteiger partial charge < -0.3 is 14.7 Å². The number of nitrogens with zero attached hydrogens (tertiary/aromatic N) is 1. The van der Waals surface area contributed by atoms with Gasteiger partial charge >= 0.3 is 6.09 Å². The molecule has 0 aromatic rings. The highest BCUT2D eigenvalue weighted by Gasteiger charge is 2.54. The minimum atomic E-state index is -0.931. The molecule has 4 heteroatoms. The lowest BCUT2D eigenvalue weighted by atomic mass is 9.93. The largest absolute Gasteiger partial charge is 0.444 e. The summed E-state index contributed by atoms with van der Waals surface area (Å²) >= 11 is 0. The Labute approximate surface area is 102 Å². The maximum atomic E-state index is 12.0. The van der Waals surface area contributed by atoms with Crippen molar-refractivity contribution < 1.29 is 14.6 Å². The van der Waals surface area contributed by atoms with Crippen molar-refractivity contribution in [2.45, 2.75) is 50.9 Å². The van der Waals surface area contributed by atoms with Crippen LogP contribution in [-0.2, 0) is 4.74 Å². The number of piperidine rings is 1. The quantitative estimate of drug-likeness (QED) is 0.711. The summed E-state index contributed by atoms with van der Waals surface area (Å²) in [6, 6.07) is -0.167. The number of rotatable bonds is 1. The molecular formula is C13H21NO3. The summed E-state index contributed by atoms with van der Waals surface area (Å²) in [7, 11) is 0. The molecule has 1 saturated heterocycles. The predicted octanol–water partition coefficient (Wildman–Crippen LogP) is 1.93. The summed E-state index contributed by atoms with van der Waals surface area (Å²) in [4.78, 5) is 13.7. The molecule has 0 spiro atoms. The fourth-order valence-electron chi connectivity index (χ4n) is 2.88. The van der Waals surface area contributed by atoms with Gasteiger partial charge in [-0.2, -0.15) is 0 Å². The first-order valence-electron chi connectivity index (χ1n) is 6.11. The smallest absolute Gasteiger partial charge is 0.410 e. The highest BCUT2D eigenvalue weighted by atomic mass is 16.6. The third kappa shape index (κ3) is 2.18. The summed E-state index contributed by atoms with van der Waals surface area (Å²) in [5.74, 6) is 0.371. The Morgan fingerprint density at radius 3 is 2.71 bits per heavy atom. The molecule has 1 saturated carbocycles. The fourth-order valence-corrected chi connectivity index (χ4v) is 2.88. The standard InChI is InChI=1S/C13H21NO3/c1-5-13(16)7-9-6-10(13)14(8-9)11(15)17-12(2,3)4/h5,9-10,16H,1,6-8H2,2-4H3. The van der Waals surface area contributed by atoms with Crippen LogP contribution in [0.2, 0.25) is 0 Å². The van der Waals surface area contributed by atoms with Crippen LogP contribution in [0.4, 0.5) is 4.79 Å². The van der Waals surface area contributed by atoms with Crippen molar-refractivity contribution in [2.24, 2.45) is 5.92 Å². The van der Waals surface area contributed by atoms with E-state index in [2.05, 4.69) is 6.58 Å². The Morgan fingerprint density at radius 2 is 2.24 bits per heavy atom. The summed E-state index contributed by atoms with van der Waals surface area (Å²) in [5.41, 5.74) is -1.43. The number of ether oxygens (including phenoxy) is 1. The van der Waals surface area contributed by atoms with Crippen LogP contribution in [-0.4, -0.2) is 39.9 Å². The van der Waals surface area contributed by atoms with Gasteiger partial charge in [0.2, 0.25) is 0 Å². The number of carbonyl (C=O) groups is 1. The fraction of sp³-hybridized carbons (Fsp3) is 0.769. The average Bonchev–Trinajstić information content (AvgIpc) is 2.72. The summed E-state index contributed by atoms with van der Waals surface area (Å²) in [6.45, 7) is 9.90. The third-order valence-electron chi connectivity index (χ3n) is 3.56. The van der Waals surface area contributed by atoms with Crippen molar-refractivity contribution in [3.63, 3.8) is 0 Å². The number of likely N-dealkylation sites (tertiary alicyclic amines) is 1. The Balaban J connectivity index is 2.09. The molecule has 2 bridgehead atoms. The van der Waals surface area contributed by atoms with E-state index in [4.69, 9.17) is 4.74 Å². The van der Waals surface area contributed by atoms with Crippen molar-refractivity contribution in [3.8, 4) is 0 Å². The molecule has 0 aromatic carbocycles. The SMILES string of the molecule is C=CC1(O)CC2CC1N(C(=O)OC(C)(C)C)C2. The van der Waals surface area contributed by atoms with Crippen molar-refractivity contribution in [1.29, 1.82) is 0 Å². The summed E-state index contributed by atoms with van der Waals surface area (Å²) in [5, 5.41) is 10.3. The summed E-state index contributed by atoms with van der Waals surface area (Å²) in [6.07, 6.45) is 2.79. The van der Waals surface area contributed by atoms with E-state index in [0.29, 0.717) is 18.9 Å². The van der Waals surface area contributed by atoms with Gasteiger partial charge in [-0.25, -0.2) is 4.79 Å². The second-order valence-electron chi connectivity index (χ2n) is 6.15. The maximum Gasteiger partial charge on any atom is 0.410 e. The molecule has 17 heavy (non-hydrogen) atoms. The topological polar surface area (TPSA) is 49.8 Å². The second-order valence-corrected chi connectivity index (χ2v) is 6.15. The highest BCUT2D eigenvalue weighted by Crippen LogP contribution is 2.45. The van der Waals surface area contributed by atoms with E-state index in [1.54, 1.807) is 11.0 Å². The van der Waals surface area contributed by atoms with Crippen LogP contribution >= 0.6 is 0 Å². The van der Waals surface area contributed by atoms with Gasteiger partial charge in [-0.3, -0.25) is 0 Å². The van der Waals surface area contributed by atoms with Gasteiger partial charge in [-0.1, -0.05) is 6.08 Å². The monoisotopic (exact) mass is 239 g/mol. The molecule has 0 aromatic heterocycles. The van der Waals surface area contributed by atoms with E-state index in [1.807, 2.05) is 20.8 Å². The molecule has 1 aliphatic carbocycles. The van der Waals surface area contributed by atoms with Crippen LogP contribution < -0.4 is 0 Å². The molecule has 2 rings (SSSR count). The van der Waals surface area contributed by atoms with Crippen LogP contribution in [0.3, 0.4) is 0 Å². The Hall–Kier alpha value is -1.03. The van der Waals surface area contributed by atoms with Crippen molar-refractivity contribution >= 4 is 6.09 Å². The van der Waals surface area contributed by atoms with E-state index in [1.165, 1.54) is 0 Å². The number of carbonyl (C=O) groups excluding carboxylic acids is 1. The van der Waals surface area contributed by atoms with Crippen LogP contribution in [0.5, 0.6) is 0 Å². The molecule has 4 nitrogen and oxygen atoms in total. The van der Waals surface area contributed by atoms with E-state index in [0.717, 1.165) is 6.42 Å². The first kappa shape index (κ1) is 12.4. The van der Waals surface area contributed by atoms with Gasteiger partial charge in [-0.05, 0) is 39.5 Å². The minimum absolute atomic E-state index is 0.167. The van der Waals surface area contributed by atoms with E-state index in [-0.39, 0.29) is 12.1 Å². The molecule has 2 aliphatic rings. The Kier molecular flexibility index (Phi) is 2.73. The zero-order chi connectivity index (χ0) is 12.8. The van der Waals surface area contributed by atoms with Crippen LogP contribution in [0, 0.1) is 5.92 Å². The summed E-state index contributed by atoms with van der Waals surface area (Å²) < 4.78 is 5.35. The van der Waals surface area contributed by atoms with Gasteiger partial charge in [0.05, 0.1) is 6.04 Å². The van der Waals surface area contributed by atoms with Gasteiger partial charge in [0.15, 0.2) is 0 Å². The molecule has 3 atom stereocenters. The first-order chi connectivity index (χ1) is 7.75. The van der Waals surface area contributed by atoms with Crippen molar-refractivity contribution in [3.05, 3.63) is 12.7 Å². The molecule has 0 radical (unpaired) electrons. The number of hydrogen-bond acceptors (Lipinski definition) is 3.